The first-order chi connectivity index (χ1) is 60.0. The van der Waals surface area contributed by atoms with Crippen LogP contribution in [0.2, 0.25) is 0 Å². The fourth-order valence-electron chi connectivity index (χ4n) is 20.2. The second kappa shape index (κ2) is 29.6. The smallest absolute Gasteiger partial charge is 0.0686 e. The number of anilines is 6. The van der Waals surface area contributed by atoms with Crippen LogP contribution < -0.4 is 9.80 Å². The molecule has 2 unspecified atom stereocenters. The van der Waals surface area contributed by atoms with Crippen LogP contribution in [0.4, 0.5) is 34.1 Å². The maximum Gasteiger partial charge on any atom is 0.0686 e. The van der Waals surface area contributed by atoms with E-state index >= 15 is 0 Å². The van der Waals surface area contributed by atoms with E-state index in [9.17, 15) is 0 Å². The van der Waals surface area contributed by atoms with Crippen molar-refractivity contribution in [1.82, 2.24) is 0 Å². The summed E-state index contributed by atoms with van der Waals surface area (Å²) in [5.74, 6) is 0.305. The van der Waals surface area contributed by atoms with Gasteiger partial charge in [0.05, 0.1) is 16.8 Å². The number of benzene rings is 20. The summed E-state index contributed by atoms with van der Waals surface area (Å²) in [6.45, 7) is 0. The molecule has 1 spiro atoms. The van der Waals surface area contributed by atoms with Gasteiger partial charge in [0.1, 0.15) is 0 Å². The van der Waals surface area contributed by atoms with Crippen molar-refractivity contribution < 1.29 is 0 Å². The molecule has 0 N–H and O–H groups in total. The topological polar surface area (TPSA) is 6.48 Å². The van der Waals surface area contributed by atoms with Crippen LogP contribution in [-0.4, -0.2) is 0 Å². The lowest BCUT2D eigenvalue weighted by Crippen LogP contribution is -2.27. The van der Waals surface area contributed by atoms with Crippen LogP contribution in [0.15, 0.2) is 473 Å². The van der Waals surface area contributed by atoms with Crippen molar-refractivity contribution >= 4 is 77.2 Å². The molecule has 0 bridgehead atoms. The molecule has 23 rings (SSSR count). The third kappa shape index (κ3) is 12.2. The minimum atomic E-state index is -0.434. The Balaban J connectivity index is 0.591. The SMILES string of the molecule is C1=CCC2C(=C1)C1(c3ccccc3-c3c(N(c4ccc(-c5ccc(-c6cccc7ccccc67)cc5)cc4)c4cccc(-c5ccc6ccc(-c7cccc8c(-c9ccccc9-c9ccc(N(c%10cccc(-c%11ccc%12ccccc%12c%11)c%10)c%10ccccc%10-c%10ccc(-c%11ccccc%11)cc%10)cc9)cccc78)cc6c5)c4)cccc31)c1ccccc12. The zero-order valence-corrected chi connectivity index (χ0v) is 66.6. The summed E-state index contributed by atoms with van der Waals surface area (Å²) in [6.07, 6.45) is 8.07. The number of nitrogens with zero attached hydrogens (tertiary/aromatic N) is 2. The standard InChI is InChI=1S/C119H80N2/c1-2-24-79(25-3-1)81-54-61-88(62-55-81)104-36-13-17-50-116(104)120(98-32-18-30-90(77-98)92-63-56-80-26-4-5-28-89(80)74-92)96-72-68-87(69-73-96)102-35-8-9-37-105(102)107-45-22-43-106-103(42-21-44-108(106)107)94-65-58-84-57-64-93(75-95(84)76-94)91-31-19-33-99(78-91)121(97-70-66-83(67-71-97)82-52-59-86(60-53-82)101-41-20-29-85-27-6-7-34-100(85)101)117-51-23-49-115-118(117)111-40-12-16-48-114(111)119(115)112-46-14-10-38-109(112)110-39-11-15-47-113(110)119/h1-38,40-78,110H,39H2. The van der Waals surface area contributed by atoms with Crippen LogP contribution in [0.1, 0.15) is 34.6 Å². The minimum absolute atomic E-state index is 0.305. The lowest BCUT2D eigenvalue weighted by atomic mass is 9.69. The van der Waals surface area contributed by atoms with E-state index in [1.807, 2.05) is 0 Å². The van der Waals surface area contributed by atoms with Crippen molar-refractivity contribution in [3.05, 3.63) is 495 Å². The molecule has 0 saturated heterocycles. The Bertz CT molecular complexity index is 7530. The van der Waals surface area contributed by atoms with Crippen molar-refractivity contribution in [3.8, 4) is 111 Å². The van der Waals surface area contributed by atoms with E-state index in [2.05, 4.69) is 477 Å². The third-order valence-electron chi connectivity index (χ3n) is 25.9. The van der Waals surface area contributed by atoms with E-state index in [1.165, 1.54) is 149 Å². The fourth-order valence-corrected chi connectivity index (χ4v) is 20.2. The van der Waals surface area contributed by atoms with Crippen molar-refractivity contribution in [1.29, 1.82) is 0 Å². The molecule has 20 aromatic rings. The van der Waals surface area contributed by atoms with Gasteiger partial charge in [-0.25, -0.2) is 0 Å². The monoisotopic (exact) mass is 1540 g/mol. The molecule has 0 heterocycles. The van der Waals surface area contributed by atoms with Crippen molar-refractivity contribution in [2.75, 3.05) is 9.80 Å². The summed E-state index contributed by atoms with van der Waals surface area (Å²) in [4.78, 5) is 4.96. The first-order valence-electron chi connectivity index (χ1n) is 42.2. The molecule has 3 aliphatic rings. The molecule has 2 atom stereocenters. The van der Waals surface area contributed by atoms with Gasteiger partial charge in [0.25, 0.3) is 0 Å². The predicted octanol–water partition coefficient (Wildman–Crippen LogP) is 32.5. The Kier molecular flexibility index (Phi) is 17.3. The van der Waals surface area contributed by atoms with Crippen LogP contribution in [0, 0.1) is 0 Å². The van der Waals surface area contributed by atoms with E-state index in [4.69, 9.17) is 0 Å². The fraction of sp³-hybridized carbons (Fsp3) is 0.0252. The Hall–Kier alpha value is -15.5. The summed E-state index contributed by atoms with van der Waals surface area (Å²) >= 11 is 0. The average Bonchev–Trinajstić information content (AvgIpc) is 1.50. The van der Waals surface area contributed by atoms with Crippen molar-refractivity contribution in [2.45, 2.75) is 17.8 Å². The third-order valence-corrected chi connectivity index (χ3v) is 25.9. The number of hydrogen-bond donors (Lipinski definition) is 0. The number of hydrogen-bond acceptors (Lipinski definition) is 2. The minimum Gasteiger partial charge on any atom is -0.310 e. The summed E-state index contributed by atoms with van der Waals surface area (Å²) in [6, 6.07) is 167. The van der Waals surface area contributed by atoms with Crippen LogP contribution >= 0.6 is 0 Å². The molecular weight excluding hydrogens is 1460 g/mol. The molecule has 0 fully saturated rings. The van der Waals surface area contributed by atoms with Crippen LogP contribution in [-0.2, 0) is 5.41 Å². The van der Waals surface area contributed by atoms with Crippen molar-refractivity contribution in [2.24, 2.45) is 0 Å². The van der Waals surface area contributed by atoms with Gasteiger partial charge in [-0.05, 0) is 256 Å². The highest BCUT2D eigenvalue weighted by atomic mass is 15.2. The van der Waals surface area contributed by atoms with E-state index in [-0.39, 0.29) is 0 Å². The molecule has 0 aliphatic heterocycles. The maximum absolute atomic E-state index is 2.53. The first-order valence-corrected chi connectivity index (χ1v) is 42.2. The van der Waals surface area contributed by atoms with E-state index < -0.39 is 5.41 Å². The number of allylic oxidation sites excluding steroid dienone is 4. The van der Waals surface area contributed by atoms with Gasteiger partial charge in [0, 0.05) is 39.8 Å². The molecule has 0 saturated carbocycles. The second-order valence-electron chi connectivity index (χ2n) is 32.4. The van der Waals surface area contributed by atoms with Gasteiger partial charge < -0.3 is 9.80 Å². The van der Waals surface area contributed by atoms with E-state index in [0.717, 1.165) is 73.9 Å². The Morgan fingerprint density at radius 2 is 0.620 bits per heavy atom. The number of rotatable bonds is 15. The molecule has 3 aliphatic carbocycles. The second-order valence-corrected chi connectivity index (χ2v) is 32.4. The van der Waals surface area contributed by atoms with Gasteiger partial charge in [-0.15, -0.1) is 0 Å². The largest absolute Gasteiger partial charge is 0.310 e. The summed E-state index contributed by atoms with van der Waals surface area (Å²) in [5, 5.41) is 9.74. The zero-order valence-electron chi connectivity index (χ0n) is 66.6. The van der Waals surface area contributed by atoms with Gasteiger partial charge in [-0.1, -0.05) is 388 Å². The lowest BCUT2D eigenvalue weighted by molar-refractivity contribution is 0.708. The van der Waals surface area contributed by atoms with E-state index in [0.29, 0.717) is 5.92 Å². The highest BCUT2D eigenvalue weighted by molar-refractivity contribution is 6.08. The quantitative estimate of drug-likeness (QED) is 0.101. The lowest BCUT2D eigenvalue weighted by Gasteiger charge is -2.33. The molecule has 121 heavy (non-hydrogen) atoms. The molecule has 566 valence electrons. The van der Waals surface area contributed by atoms with E-state index in [1.54, 1.807) is 0 Å². The zero-order chi connectivity index (χ0) is 79.9. The highest BCUT2D eigenvalue weighted by Gasteiger charge is 2.55. The van der Waals surface area contributed by atoms with Gasteiger partial charge in [0.2, 0.25) is 0 Å². The predicted molar refractivity (Wildman–Crippen MR) is 511 cm³/mol. The molecule has 0 radical (unpaired) electrons. The Labute approximate surface area is 706 Å². The Morgan fingerprint density at radius 3 is 1.33 bits per heavy atom. The highest BCUT2D eigenvalue weighted by Crippen LogP contribution is 2.67. The van der Waals surface area contributed by atoms with Gasteiger partial charge in [0.15, 0.2) is 0 Å². The van der Waals surface area contributed by atoms with Gasteiger partial charge >= 0.3 is 0 Å². The Morgan fingerprint density at radius 1 is 0.215 bits per heavy atom. The molecular formula is C119H80N2. The maximum atomic E-state index is 2.53. The van der Waals surface area contributed by atoms with Crippen LogP contribution in [0.3, 0.4) is 0 Å². The molecule has 2 nitrogen and oxygen atoms in total. The summed E-state index contributed by atoms with van der Waals surface area (Å²) in [7, 11) is 0. The normalized spacial score (nSPS) is 14.2. The first kappa shape index (κ1) is 70.9. The molecule has 2 heteroatoms. The van der Waals surface area contributed by atoms with Gasteiger partial charge in [-0.2, -0.15) is 0 Å². The summed E-state index contributed by atoms with van der Waals surface area (Å²) in [5.41, 5.74) is 36.8. The molecule has 0 aromatic heterocycles. The number of para-hydroxylation sites is 1. The van der Waals surface area contributed by atoms with Crippen molar-refractivity contribution in [3.63, 3.8) is 0 Å². The van der Waals surface area contributed by atoms with Crippen LogP contribution in [0.25, 0.3) is 154 Å². The van der Waals surface area contributed by atoms with Gasteiger partial charge in [-0.3, -0.25) is 0 Å². The average molecular weight is 1540 g/mol. The van der Waals surface area contributed by atoms with Crippen LogP contribution in [0.5, 0.6) is 0 Å². The molecule has 20 aromatic carbocycles. The number of fused-ring (bicyclic) bond motifs is 14. The summed E-state index contributed by atoms with van der Waals surface area (Å²) < 4.78 is 0. The molecule has 0 amide bonds.